The van der Waals surface area contributed by atoms with Crippen molar-refractivity contribution in [3.63, 3.8) is 0 Å². The third kappa shape index (κ3) is 4.51. The van der Waals surface area contributed by atoms with Crippen LogP contribution in [0.5, 0.6) is 0 Å². The zero-order valence-corrected chi connectivity index (χ0v) is 20.2. The maximum Gasteiger partial charge on any atom is 0.263 e. The zero-order chi connectivity index (χ0) is 23.7. The lowest BCUT2D eigenvalue weighted by Crippen LogP contribution is -2.52. The van der Waals surface area contributed by atoms with Crippen molar-refractivity contribution in [2.24, 2.45) is 5.92 Å². The van der Waals surface area contributed by atoms with Gasteiger partial charge in [0, 0.05) is 54.5 Å². The fourth-order valence-electron chi connectivity index (χ4n) is 4.15. The lowest BCUT2D eigenvalue weighted by Gasteiger charge is -2.41. The molecule has 1 aliphatic heterocycles. The number of aromatic nitrogens is 2. The summed E-state index contributed by atoms with van der Waals surface area (Å²) in [6.45, 7) is 4.14. The summed E-state index contributed by atoms with van der Waals surface area (Å²) in [6.07, 6.45) is 3.51. The first kappa shape index (κ1) is 22.4. The standard InChI is InChI=1S/C24H25N5O3S2/c1-17(29-12-10-19-4-2-3-5-22(19)29)23(30)26-14-18-15-28(16-18)20-6-8-21(9-7-20)34(31,32)27-24-25-11-13-33-24/h2-13,17-18H,14-16H2,1H3,(H,25,27)(H,26,30)/t17-/m0/s1. The van der Waals surface area contributed by atoms with Gasteiger partial charge in [0.1, 0.15) is 6.04 Å². The van der Waals surface area contributed by atoms with Crippen molar-refractivity contribution in [2.75, 3.05) is 29.3 Å². The molecule has 1 aliphatic rings. The summed E-state index contributed by atoms with van der Waals surface area (Å²) in [5.74, 6) is 0.356. The summed E-state index contributed by atoms with van der Waals surface area (Å²) < 4.78 is 29.4. The maximum absolute atomic E-state index is 12.7. The van der Waals surface area contributed by atoms with Crippen LogP contribution in [0.4, 0.5) is 10.8 Å². The smallest absolute Gasteiger partial charge is 0.263 e. The molecule has 4 aromatic rings. The highest BCUT2D eigenvalue weighted by atomic mass is 32.2. The van der Waals surface area contributed by atoms with Gasteiger partial charge in [0.15, 0.2) is 5.13 Å². The molecule has 0 saturated carbocycles. The Balaban J connectivity index is 1.12. The molecule has 1 saturated heterocycles. The Morgan fingerprint density at radius 3 is 2.65 bits per heavy atom. The Morgan fingerprint density at radius 1 is 1.15 bits per heavy atom. The molecule has 10 heteroatoms. The minimum absolute atomic E-state index is 0.00194. The van der Waals surface area contributed by atoms with E-state index in [-0.39, 0.29) is 16.8 Å². The predicted molar refractivity (Wildman–Crippen MR) is 135 cm³/mol. The van der Waals surface area contributed by atoms with Crippen LogP contribution in [-0.4, -0.2) is 43.5 Å². The molecule has 8 nitrogen and oxygen atoms in total. The van der Waals surface area contributed by atoms with E-state index in [9.17, 15) is 13.2 Å². The summed E-state index contributed by atoms with van der Waals surface area (Å²) in [7, 11) is -3.65. The van der Waals surface area contributed by atoms with Crippen molar-refractivity contribution >= 4 is 49.0 Å². The fraction of sp³-hybridized carbons (Fsp3) is 0.250. The van der Waals surface area contributed by atoms with Crippen molar-refractivity contribution in [1.82, 2.24) is 14.9 Å². The summed E-state index contributed by atoms with van der Waals surface area (Å²) in [5.41, 5.74) is 2.01. The molecule has 1 amide bonds. The van der Waals surface area contributed by atoms with Crippen LogP contribution in [0.15, 0.2) is 77.3 Å². The van der Waals surface area contributed by atoms with Crippen LogP contribution in [0.25, 0.3) is 10.9 Å². The number of hydrogen-bond acceptors (Lipinski definition) is 6. The van der Waals surface area contributed by atoms with Crippen LogP contribution in [-0.2, 0) is 14.8 Å². The van der Waals surface area contributed by atoms with Crippen LogP contribution >= 0.6 is 11.3 Å². The fourth-order valence-corrected chi connectivity index (χ4v) is 5.94. The van der Waals surface area contributed by atoms with E-state index in [0.29, 0.717) is 17.6 Å². The number of nitrogens with one attached hydrogen (secondary N) is 2. The molecule has 0 aliphatic carbocycles. The molecule has 5 rings (SSSR count). The van der Waals surface area contributed by atoms with E-state index in [1.165, 1.54) is 11.3 Å². The van der Waals surface area contributed by atoms with Gasteiger partial charge in [-0.3, -0.25) is 9.52 Å². The SMILES string of the molecule is C[C@@H](C(=O)NCC1CN(c2ccc(S(=O)(=O)Nc3nccs3)cc2)C1)n1ccc2ccccc21. The summed E-state index contributed by atoms with van der Waals surface area (Å²) in [6, 6.07) is 16.6. The predicted octanol–water partition coefficient (Wildman–Crippen LogP) is 3.71. The number of hydrogen-bond donors (Lipinski definition) is 2. The number of sulfonamides is 1. The van der Waals surface area contributed by atoms with E-state index in [0.717, 1.165) is 29.7 Å². The molecule has 1 fully saturated rings. The molecular formula is C24H25N5O3S2. The number of anilines is 2. The molecule has 176 valence electrons. The number of thiazole rings is 1. The van der Waals surface area contributed by atoms with E-state index in [4.69, 9.17) is 0 Å². The number of rotatable bonds is 8. The Morgan fingerprint density at radius 2 is 1.91 bits per heavy atom. The molecule has 0 unspecified atom stereocenters. The minimum Gasteiger partial charge on any atom is -0.371 e. The van der Waals surface area contributed by atoms with Gasteiger partial charge >= 0.3 is 0 Å². The highest BCUT2D eigenvalue weighted by Gasteiger charge is 2.28. The molecule has 2 aromatic carbocycles. The number of amides is 1. The van der Waals surface area contributed by atoms with Gasteiger partial charge in [-0.1, -0.05) is 18.2 Å². The Labute approximate surface area is 202 Å². The quantitative estimate of drug-likeness (QED) is 0.389. The van der Waals surface area contributed by atoms with Crippen LogP contribution in [0.1, 0.15) is 13.0 Å². The first-order valence-corrected chi connectivity index (χ1v) is 13.4. The highest BCUT2D eigenvalue weighted by Crippen LogP contribution is 2.27. The average molecular weight is 496 g/mol. The van der Waals surface area contributed by atoms with Crippen LogP contribution in [0.3, 0.4) is 0 Å². The normalized spacial score (nSPS) is 15.1. The van der Waals surface area contributed by atoms with E-state index in [2.05, 4.69) is 19.9 Å². The second-order valence-corrected chi connectivity index (χ2v) is 11.0. The van der Waals surface area contributed by atoms with Crippen molar-refractivity contribution in [1.29, 1.82) is 0 Å². The lowest BCUT2D eigenvalue weighted by molar-refractivity contribution is -0.124. The lowest BCUT2D eigenvalue weighted by atomic mass is 9.99. The molecule has 1 atom stereocenters. The number of carbonyl (C=O) groups excluding carboxylic acids is 1. The second kappa shape index (κ2) is 9.11. The summed E-state index contributed by atoms with van der Waals surface area (Å²) in [5, 5.41) is 6.26. The average Bonchev–Trinajstić information content (AvgIpc) is 3.47. The van der Waals surface area contributed by atoms with E-state index < -0.39 is 10.0 Å². The van der Waals surface area contributed by atoms with Gasteiger partial charge in [-0.05, 0) is 48.7 Å². The third-order valence-corrected chi connectivity index (χ3v) is 8.29. The summed E-state index contributed by atoms with van der Waals surface area (Å²) >= 11 is 1.23. The minimum atomic E-state index is -3.65. The largest absolute Gasteiger partial charge is 0.371 e. The Hall–Kier alpha value is -3.37. The number of fused-ring (bicyclic) bond motifs is 1. The molecule has 2 N–H and O–H groups in total. The third-order valence-electron chi connectivity index (χ3n) is 6.11. The molecule has 34 heavy (non-hydrogen) atoms. The topological polar surface area (TPSA) is 96.3 Å². The van der Waals surface area contributed by atoms with Gasteiger partial charge in [-0.25, -0.2) is 13.4 Å². The molecular weight excluding hydrogens is 470 g/mol. The van der Waals surface area contributed by atoms with Gasteiger partial charge in [-0.2, -0.15) is 0 Å². The number of carbonyl (C=O) groups is 1. The van der Waals surface area contributed by atoms with E-state index >= 15 is 0 Å². The molecule has 0 bridgehead atoms. The highest BCUT2D eigenvalue weighted by molar-refractivity contribution is 7.93. The number of benzene rings is 2. The van der Waals surface area contributed by atoms with E-state index in [1.54, 1.807) is 23.7 Å². The van der Waals surface area contributed by atoms with Crippen LogP contribution in [0, 0.1) is 5.92 Å². The van der Waals surface area contributed by atoms with E-state index in [1.807, 2.05) is 60.2 Å². The van der Waals surface area contributed by atoms with Crippen molar-refractivity contribution < 1.29 is 13.2 Å². The number of para-hydroxylation sites is 1. The van der Waals surface area contributed by atoms with Crippen LogP contribution < -0.4 is 14.9 Å². The zero-order valence-electron chi connectivity index (χ0n) is 18.6. The molecule has 0 radical (unpaired) electrons. The maximum atomic E-state index is 12.7. The van der Waals surface area contributed by atoms with Gasteiger partial charge in [0.25, 0.3) is 10.0 Å². The Kier molecular flexibility index (Phi) is 6.01. The van der Waals surface area contributed by atoms with Crippen molar-refractivity contribution in [3.8, 4) is 0 Å². The second-order valence-electron chi connectivity index (χ2n) is 8.41. The number of nitrogens with zero attached hydrogens (tertiary/aromatic N) is 3. The van der Waals surface area contributed by atoms with Crippen LogP contribution in [0.2, 0.25) is 0 Å². The monoisotopic (exact) mass is 495 g/mol. The molecule has 3 heterocycles. The van der Waals surface area contributed by atoms with Gasteiger partial charge in [0.05, 0.1) is 4.90 Å². The molecule has 0 spiro atoms. The van der Waals surface area contributed by atoms with Crippen molar-refractivity contribution in [2.45, 2.75) is 17.9 Å². The summed E-state index contributed by atoms with van der Waals surface area (Å²) in [4.78, 5) is 19.0. The van der Waals surface area contributed by atoms with Gasteiger partial charge in [-0.15, -0.1) is 11.3 Å². The molecule has 2 aromatic heterocycles. The first-order chi connectivity index (χ1) is 16.4. The van der Waals surface area contributed by atoms with Gasteiger partial charge in [0.2, 0.25) is 5.91 Å². The van der Waals surface area contributed by atoms with Crippen molar-refractivity contribution in [3.05, 3.63) is 72.4 Å². The first-order valence-electron chi connectivity index (χ1n) is 11.0. The Bertz CT molecular complexity index is 1390. The van der Waals surface area contributed by atoms with Gasteiger partial charge < -0.3 is 14.8 Å².